The Morgan fingerprint density at radius 1 is 1.50 bits per heavy atom. The van der Waals surface area contributed by atoms with Gasteiger partial charge in [-0.3, -0.25) is 4.79 Å². The number of alkyl halides is 3. The SMILES string of the molecule is Cc1cn2ccc(NC(=O)C(F)(F)F)c(I)c2n1. The molecule has 0 aliphatic heterocycles. The minimum Gasteiger partial charge on any atom is -0.317 e. The molecule has 0 unspecified atom stereocenters. The molecule has 2 aromatic heterocycles. The molecule has 0 spiro atoms. The first-order chi connectivity index (χ1) is 8.29. The van der Waals surface area contributed by atoms with Crippen LogP contribution in [-0.4, -0.2) is 21.5 Å². The lowest BCUT2D eigenvalue weighted by Crippen LogP contribution is -2.30. The number of fused-ring (bicyclic) bond motifs is 1. The van der Waals surface area contributed by atoms with Gasteiger partial charge in [0.15, 0.2) is 5.65 Å². The molecule has 2 aromatic rings. The molecule has 0 fully saturated rings. The fraction of sp³-hybridized carbons (Fsp3) is 0.200. The third-order valence-corrected chi connectivity index (χ3v) is 3.26. The number of imidazole rings is 1. The summed E-state index contributed by atoms with van der Waals surface area (Å²) in [5.74, 6) is -1.99. The van der Waals surface area contributed by atoms with Crippen LogP contribution in [0.4, 0.5) is 18.9 Å². The Balaban J connectivity index is 2.40. The predicted octanol–water partition coefficient (Wildman–Crippen LogP) is 2.75. The molecule has 18 heavy (non-hydrogen) atoms. The number of amides is 1. The van der Waals surface area contributed by atoms with Gasteiger partial charge < -0.3 is 9.72 Å². The topological polar surface area (TPSA) is 46.4 Å². The Bertz CT molecular complexity index is 621. The number of halogens is 4. The normalized spacial score (nSPS) is 11.8. The standard InChI is InChI=1S/C10H7F3IN3O/c1-5-4-17-3-2-6(7(14)8(17)15-5)16-9(18)10(11,12)13/h2-4H,1H3,(H,16,18). The smallest absolute Gasteiger partial charge is 0.317 e. The zero-order chi connectivity index (χ0) is 13.5. The third kappa shape index (κ3) is 2.42. The molecule has 0 aliphatic carbocycles. The minimum atomic E-state index is -4.90. The number of hydrogen-bond donors (Lipinski definition) is 1. The number of carbonyl (C=O) groups excluding carboxylic acids is 1. The Morgan fingerprint density at radius 2 is 2.17 bits per heavy atom. The van der Waals surface area contributed by atoms with Gasteiger partial charge in [-0.15, -0.1) is 0 Å². The number of pyridine rings is 1. The number of aryl methyl sites for hydroxylation is 1. The molecule has 2 rings (SSSR count). The summed E-state index contributed by atoms with van der Waals surface area (Å²) < 4.78 is 38.6. The van der Waals surface area contributed by atoms with E-state index < -0.39 is 12.1 Å². The molecule has 0 saturated carbocycles. The Hall–Kier alpha value is -1.32. The highest BCUT2D eigenvalue weighted by molar-refractivity contribution is 14.1. The summed E-state index contributed by atoms with van der Waals surface area (Å²) in [6.45, 7) is 1.77. The molecular weight excluding hydrogens is 362 g/mol. The van der Waals surface area contributed by atoms with Gasteiger partial charge in [0.1, 0.15) is 0 Å². The van der Waals surface area contributed by atoms with Gasteiger partial charge in [-0.2, -0.15) is 13.2 Å². The first-order valence-electron chi connectivity index (χ1n) is 4.81. The summed E-state index contributed by atoms with van der Waals surface area (Å²) in [5.41, 5.74) is 1.34. The van der Waals surface area contributed by atoms with Crippen LogP contribution in [0.2, 0.25) is 0 Å². The average Bonchev–Trinajstić information content (AvgIpc) is 2.62. The Kier molecular flexibility index (Phi) is 3.21. The molecule has 8 heteroatoms. The highest BCUT2D eigenvalue weighted by atomic mass is 127. The lowest BCUT2D eigenvalue weighted by atomic mass is 10.4. The van der Waals surface area contributed by atoms with Crippen LogP contribution in [0.25, 0.3) is 5.65 Å². The number of nitrogens with zero attached hydrogens (tertiary/aromatic N) is 2. The second-order valence-corrected chi connectivity index (χ2v) is 4.69. The van der Waals surface area contributed by atoms with Gasteiger partial charge in [0.05, 0.1) is 15.0 Å². The molecule has 1 amide bonds. The van der Waals surface area contributed by atoms with E-state index in [4.69, 9.17) is 0 Å². The van der Waals surface area contributed by atoms with E-state index in [0.717, 1.165) is 5.69 Å². The monoisotopic (exact) mass is 369 g/mol. The van der Waals surface area contributed by atoms with Crippen LogP contribution in [0.3, 0.4) is 0 Å². The van der Waals surface area contributed by atoms with Crippen molar-refractivity contribution in [2.45, 2.75) is 13.1 Å². The van der Waals surface area contributed by atoms with Crippen LogP contribution in [-0.2, 0) is 4.79 Å². The van der Waals surface area contributed by atoms with Crippen molar-refractivity contribution in [2.24, 2.45) is 0 Å². The molecule has 0 bridgehead atoms. The van der Waals surface area contributed by atoms with Crippen molar-refractivity contribution in [3.63, 3.8) is 0 Å². The summed E-state index contributed by atoms with van der Waals surface area (Å²) >= 11 is 1.85. The van der Waals surface area contributed by atoms with Crippen LogP contribution in [0.5, 0.6) is 0 Å². The molecule has 2 heterocycles. The molecule has 0 saturated heterocycles. The average molecular weight is 369 g/mol. The fourth-order valence-electron chi connectivity index (χ4n) is 1.43. The molecule has 0 radical (unpaired) electrons. The molecule has 0 aromatic carbocycles. The quantitative estimate of drug-likeness (QED) is 0.786. The summed E-state index contributed by atoms with van der Waals surface area (Å²) in [6, 6.07) is 1.40. The summed E-state index contributed by atoms with van der Waals surface area (Å²) in [4.78, 5) is 15.0. The molecule has 1 N–H and O–H groups in total. The first-order valence-corrected chi connectivity index (χ1v) is 5.89. The van der Waals surface area contributed by atoms with Gasteiger partial charge in [0.2, 0.25) is 0 Å². The highest BCUT2D eigenvalue weighted by Gasteiger charge is 2.39. The van der Waals surface area contributed by atoms with E-state index in [1.54, 1.807) is 23.7 Å². The van der Waals surface area contributed by atoms with Gasteiger partial charge in [0, 0.05) is 12.4 Å². The van der Waals surface area contributed by atoms with Gasteiger partial charge in [-0.05, 0) is 35.6 Å². The molecule has 96 valence electrons. The van der Waals surface area contributed by atoms with Gasteiger partial charge >= 0.3 is 12.1 Å². The number of anilines is 1. The van der Waals surface area contributed by atoms with Crippen LogP contribution in [0.15, 0.2) is 18.5 Å². The van der Waals surface area contributed by atoms with Crippen molar-refractivity contribution in [2.75, 3.05) is 5.32 Å². The fourth-order valence-corrected chi connectivity index (χ4v) is 2.14. The van der Waals surface area contributed by atoms with Gasteiger partial charge in [-0.25, -0.2) is 4.98 Å². The number of hydrogen-bond acceptors (Lipinski definition) is 2. The predicted molar refractivity (Wildman–Crippen MR) is 67.3 cm³/mol. The van der Waals surface area contributed by atoms with Crippen molar-refractivity contribution in [1.29, 1.82) is 0 Å². The number of aromatic nitrogens is 2. The van der Waals surface area contributed by atoms with Crippen LogP contribution in [0, 0.1) is 10.5 Å². The van der Waals surface area contributed by atoms with E-state index in [0.29, 0.717) is 9.22 Å². The van der Waals surface area contributed by atoms with Crippen molar-refractivity contribution in [3.8, 4) is 0 Å². The van der Waals surface area contributed by atoms with Gasteiger partial charge in [-0.1, -0.05) is 0 Å². The van der Waals surface area contributed by atoms with Crippen LogP contribution >= 0.6 is 22.6 Å². The van der Waals surface area contributed by atoms with E-state index in [1.165, 1.54) is 6.07 Å². The van der Waals surface area contributed by atoms with Crippen molar-refractivity contribution >= 4 is 39.8 Å². The van der Waals surface area contributed by atoms with Crippen molar-refractivity contribution in [1.82, 2.24) is 9.38 Å². The number of carbonyl (C=O) groups is 1. The van der Waals surface area contributed by atoms with E-state index in [2.05, 4.69) is 4.98 Å². The number of nitrogens with one attached hydrogen (secondary N) is 1. The van der Waals surface area contributed by atoms with Crippen molar-refractivity contribution in [3.05, 3.63) is 27.7 Å². The molecular formula is C10H7F3IN3O. The molecule has 0 atom stereocenters. The molecule has 4 nitrogen and oxygen atoms in total. The maximum Gasteiger partial charge on any atom is 0.471 e. The Labute approximate surface area is 113 Å². The maximum atomic E-state index is 12.1. The maximum absolute atomic E-state index is 12.1. The van der Waals surface area contributed by atoms with E-state index in [9.17, 15) is 18.0 Å². The zero-order valence-electron chi connectivity index (χ0n) is 9.05. The summed E-state index contributed by atoms with van der Waals surface area (Å²) in [6.07, 6.45) is -1.61. The highest BCUT2D eigenvalue weighted by Crippen LogP contribution is 2.25. The number of rotatable bonds is 1. The lowest BCUT2D eigenvalue weighted by Gasteiger charge is -2.10. The summed E-state index contributed by atoms with van der Waals surface area (Å²) in [7, 11) is 0. The van der Waals surface area contributed by atoms with E-state index >= 15 is 0 Å². The zero-order valence-corrected chi connectivity index (χ0v) is 11.2. The lowest BCUT2D eigenvalue weighted by molar-refractivity contribution is -0.167. The van der Waals surface area contributed by atoms with Crippen molar-refractivity contribution < 1.29 is 18.0 Å². The third-order valence-electron chi connectivity index (χ3n) is 2.19. The van der Waals surface area contributed by atoms with E-state index in [-0.39, 0.29) is 5.69 Å². The van der Waals surface area contributed by atoms with Crippen LogP contribution in [0.1, 0.15) is 5.69 Å². The minimum absolute atomic E-state index is 0.0935. The second kappa shape index (κ2) is 4.41. The van der Waals surface area contributed by atoms with E-state index in [1.807, 2.05) is 27.9 Å². The first kappa shape index (κ1) is 13.1. The van der Waals surface area contributed by atoms with Gasteiger partial charge in [0.25, 0.3) is 0 Å². The largest absolute Gasteiger partial charge is 0.471 e. The second-order valence-electron chi connectivity index (χ2n) is 3.61. The summed E-state index contributed by atoms with van der Waals surface area (Å²) in [5, 5.41) is 1.83. The molecule has 0 aliphatic rings. The van der Waals surface area contributed by atoms with Crippen LogP contribution < -0.4 is 5.32 Å². The Morgan fingerprint density at radius 3 is 2.78 bits per heavy atom.